The number of nitrogens with zero attached hydrogens (tertiary/aromatic N) is 3. The van der Waals surface area contributed by atoms with E-state index in [-0.39, 0.29) is 0 Å². The number of likely N-dealkylation sites (tertiary alicyclic amines) is 1. The minimum Gasteiger partial charge on any atom is -0.370 e. The maximum Gasteiger partial charge on any atom is 0.145 e. The predicted octanol–water partition coefficient (Wildman–Crippen LogP) is 1.75. The lowest BCUT2D eigenvalue weighted by atomic mass is 10.0. The van der Waals surface area contributed by atoms with Crippen LogP contribution in [0.1, 0.15) is 38.4 Å². The standard InChI is InChI=1S/C14H26N6/c1-11-6-3-4-8-20(11)9-5-7-16-13-10-14(19-15)18-12(2)17-13/h10-11H,3-9,15H2,1-2H3,(H2,16,17,18,19). The third-order valence-electron chi connectivity index (χ3n) is 3.85. The van der Waals surface area contributed by atoms with E-state index in [4.69, 9.17) is 5.84 Å². The molecule has 2 rings (SSSR count). The topological polar surface area (TPSA) is 79.1 Å². The van der Waals surface area contributed by atoms with Gasteiger partial charge in [0.15, 0.2) is 0 Å². The first kappa shape index (κ1) is 15.0. The Balaban J connectivity index is 1.74. The maximum absolute atomic E-state index is 5.38. The van der Waals surface area contributed by atoms with Gasteiger partial charge in [-0.25, -0.2) is 15.8 Å². The largest absolute Gasteiger partial charge is 0.370 e. The van der Waals surface area contributed by atoms with Gasteiger partial charge in [0, 0.05) is 25.2 Å². The van der Waals surface area contributed by atoms with Gasteiger partial charge in [-0.05, 0) is 39.7 Å². The van der Waals surface area contributed by atoms with Crippen LogP contribution in [0.5, 0.6) is 0 Å². The zero-order chi connectivity index (χ0) is 14.4. The fourth-order valence-corrected chi connectivity index (χ4v) is 2.72. The molecular weight excluding hydrogens is 252 g/mol. The van der Waals surface area contributed by atoms with Crippen molar-refractivity contribution in [1.29, 1.82) is 0 Å². The lowest BCUT2D eigenvalue weighted by molar-refractivity contribution is 0.160. The first-order valence-corrected chi connectivity index (χ1v) is 7.49. The Labute approximate surface area is 121 Å². The van der Waals surface area contributed by atoms with E-state index in [0.717, 1.165) is 31.4 Å². The van der Waals surface area contributed by atoms with Crippen molar-refractivity contribution in [2.24, 2.45) is 5.84 Å². The van der Waals surface area contributed by atoms with Crippen molar-refractivity contribution in [3.05, 3.63) is 11.9 Å². The molecular formula is C14H26N6. The highest BCUT2D eigenvalue weighted by Crippen LogP contribution is 2.16. The molecule has 0 bridgehead atoms. The molecule has 2 heterocycles. The van der Waals surface area contributed by atoms with E-state index >= 15 is 0 Å². The molecule has 0 saturated carbocycles. The van der Waals surface area contributed by atoms with Crippen LogP contribution in [-0.4, -0.2) is 40.5 Å². The highest BCUT2D eigenvalue weighted by molar-refractivity contribution is 5.46. The average Bonchev–Trinajstić information content (AvgIpc) is 2.44. The number of anilines is 2. The zero-order valence-electron chi connectivity index (χ0n) is 12.5. The summed E-state index contributed by atoms with van der Waals surface area (Å²) in [5.74, 6) is 7.57. The maximum atomic E-state index is 5.38. The van der Waals surface area contributed by atoms with E-state index in [1.807, 2.05) is 13.0 Å². The summed E-state index contributed by atoms with van der Waals surface area (Å²) in [6, 6.07) is 2.56. The molecule has 0 radical (unpaired) electrons. The Morgan fingerprint density at radius 2 is 2.15 bits per heavy atom. The summed E-state index contributed by atoms with van der Waals surface area (Å²) in [5.41, 5.74) is 2.56. The Kier molecular flexibility index (Phi) is 5.55. The van der Waals surface area contributed by atoms with E-state index in [1.54, 1.807) is 0 Å². The third-order valence-corrected chi connectivity index (χ3v) is 3.85. The molecule has 1 aliphatic rings. The Morgan fingerprint density at radius 1 is 1.35 bits per heavy atom. The van der Waals surface area contributed by atoms with Gasteiger partial charge in [-0.3, -0.25) is 0 Å². The van der Waals surface area contributed by atoms with Crippen molar-refractivity contribution in [3.63, 3.8) is 0 Å². The highest BCUT2D eigenvalue weighted by atomic mass is 15.3. The second-order valence-corrected chi connectivity index (χ2v) is 5.49. The molecule has 1 unspecified atom stereocenters. The SMILES string of the molecule is Cc1nc(NN)cc(NCCCN2CCCCC2C)n1. The minimum absolute atomic E-state index is 0.643. The summed E-state index contributed by atoms with van der Waals surface area (Å²) in [6.07, 6.45) is 5.18. The lowest BCUT2D eigenvalue weighted by Gasteiger charge is -2.33. The van der Waals surface area contributed by atoms with Crippen molar-refractivity contribution in [1.82, 2.24) is 14.9 Å². The van der Waals surface area contributed by atoms with Gasteiger partial charge in [-0.15, -0.1) is 0 Å². The van der Waals surface area contributed by atoms with Crippen LogP contribution in [0.2, 0.25) is 0 Å². The number of nitrogens with two attached hydrogens (primary N) is 1. The van der Waals surface area contributed by atoms with Crippen LogP contribution in [-0.2, 0) is 0 Å². The summed E-state index contributed by atoms with van der Waals surface area (Å²) >= 11 is 0. The van der Waals surface area contributed by atoms with Gasteiger partial charge in [0.2, 0.25) is 0 Å². The van der Waals surface area contributed by atoms with Gasteiger partial charge in [0.05, 0.1) is 0 Å². The van der Waals surface area contributed by atoms with E-state index < -0.39 is 0 Å². The summed E-state index contributed by atoms with van der Waals surface area (Å²) < 4.78 is 0. The lowest BCUT2D eigenvalue weighted by Crippen LogP contribution is -2.38. The van der Waals surface area contributed by atoms with Crippen LogP contribution < -0.4 is 16.6 Å². The van der Waals surface area contributed by atoms with E-state index in [2.05, 4.69) is 32.5 Å². The molecule has 6 heteroatoms. The van der Waals surface area contributed by atoms with Crippen molar-refractivity contribution in [2.45, 2.75) is 45.6 Å². The number of hydrogen-bond donors (Lipinski definition) is 3. The summed E-state index contributed by atoms with van der Waals surface area (Å²) in [6.45, 7) is 7.51. The predicted molar refractivity (Wildman–Crippen MR) is 82.6 cm³/mol. The Bertz CT molecular complexity index is 422. The fourth-order valence-electron chi connectivity index (χ4n) is 2.72. The molecule has 1 saturated heterocycles. The van der Waals surface area contributed by atoms with Gasteiger partial charge < -0.3 is 15.6 Å². The van der Waals surface area contributed by atoms with Gasteiger partial charge in [-0.1, -0.05) is 6.42 Å². The van der Waals surface area contributed by atoms with Gasteiger partial charge in [0.1, 0.15) is 17.5 Å². The van der Waals surface area contributed by atoms with E-state index in [1.165, 1.54) is 25.8 Å². The zero-order valence-corrected chi connectivity index (χ0v) is 12.5. The van der Waals surface area contributed by atoms with Crippen molar-refractivity contribution in [2.75, 3.05) is 30.4 Å². The third kappa shape index (κ3) is 4.31. The smallest absolute Gasteiger partial charge is 0.145 e. The van der Waals surface area contributed by atoms with Crippen LogP contribution >= 0.6 is 0 Å². The number of hydrazine groups is 1. The molecule has 0 amide bonds. The average molecular weight is 278 g/mol. The molecule has 4 N–H and O–H groups in total. The molecule has 0 aromatic carbocycles. The molecule has 0 spiro atoms. The molecule has 1 aliphatic heterocycles. The molecule has 0 aliphatic carbocycles. The van der Waals surface area contributed by atoms with E-state index in [0.29, 0.717) is 11.6 Å². The van der Waals surface area contributed by atoms with Crippen LogP contribution in [0, 0.1) is 6.92 Å². The van der Waals surface area contributed by atoms with Crippen molar-refractivity contribution in [3.8, 4) is 0 Å². The second kappa shape index (κ2) is 7.40. The molecule has 6 nitrogen and oxygen atoms in total. The van der Waals surface area contributed by atoms with Crippen LogP contribution in [0.15, 0.2) is 6.07 Å². The van der Waals surface area contributed by atoms with Crippen LogP contribution in [0.4, 0.5) is 11.6 Å². The van der Waals surface area contributed by atoms with Gasteiger partial charge in [0.25, 0.3) is 0 Å². The normalized spacial score (nSPS) is 19.9. The number of hydrogen-bond acceptors (Lipinski definition) is 6. The fraction of sp³-hybridized carbons (Fsp3) is 0.714. The molecule has 1 aromatic rings. The van der Waals surface area contributed by atoms with Crippen molar-refractivity contribution >= 4 is 11.6 Å². The number of rotatable bonds is 6. The van der Waals surface area contributed by atoms with Gasteiger partial charge in [-0.2, -0.15) is 0 Å². The molecule has 20 heavy (non-hydrogen) atoms. The quantitative estimate of drug-likeness (QED) is 0.418. The monoisotopic (exact) mass is 278 g/mol. The summed E-state index contributed by atoms with van der Waals surface area (Å²) in [4.78, 5) is 11.1. The number of aromatic nitrogens is 2. The molecule has 1 fully saturated rings. The molecule has 112 valence electrons. The highest BCUT2D eigenvalue weighted by Gasteiger charge is 2.16. The Morgan fingerprint density at radius 3 is 2.90 bits per heavy atom. The molecule has 1 aromatic heterocycles. The summed E-state index contributed by atoms with van der Waals surface area (Å²) in [5, 5.41) is 3.34. The first-order valence-electron chi connectivity index (χ1n) is 7.49. The second-order valence-electron chi connectivity index (χ2n) is 5.49. The molecule has 1 atom stereocenters. The Hall–Kier alpha value is -1.40. The van der Waals surface area contributed by atoms with Crippen LogP contribution in [0.3, 0.4) is 0 Å². The van der Waals surface area contributed by atoms with Gasteiger partial charge >= 0.3 is 0 Å². The number of nitrogen functional groups attached to an aromatic ring is 1. The number of nitrogens with one attached hydrogen (secondary N) is 2. The number of aryl methyl sites for hydroxylation is 1. The number of piperidine rings is 1. The first-order chi connectivity index (χ1) is 9.69. The van der Waals surface area contributed by atoms with Crippen LogP contribution in [0.25, 0.3) is 0 Å². The van der Waals surface area contributed by atoms with Crippen molar-refractivity contribution < 1.29 is 0 Å². The van der Waals surface area contributed by atoms with E-state index in [9.17, 15) is 0 Å². The minimum atomic E-state index is 0.643. The summed E-state index contributed by atoms with van der Waals surface area (Å²) in [7, 11) is 0.